The minimum Gasteiger partial charge on any atom is -0.352 e. The molecule has 0 fully saturated rings. The first kappa shape index (κ1) is 11.9. The van der Waals surface area contributed by atoms with Crippen LogP contribution < -0.4 is 5.32 Å². The van der Waals surface area contributed by atoms with E-state index in [9.17, 15) is 4.79 Å². The summed E-state index contributed by atoms with van der Waals surface area (Å²) in [7, 11) is 0. The third-order valence-corrected chi connectivity index (χ3v) is 3.66. The van der Waals surface area contributed by atoms with E-state index in [0.29, 0.717) is 11.4 Å². The molecule has 0 saturated heterocycles. The first-order chi connectivity index (χ1) is 9.29. The van der Waals surface area contributed by atoms with Gasteiger partial charge in [-0.05, 0) is 25.1 Å². The number of fused-ring (bicyclic) bond motifs is 1. The second-order valence-electron chi connectivity index (χ2n) is 4.00. The SMILES string of the molecule is CCNC(=O)c1cc(-c2cnc3cccnn23)cs1. The van der Waals surface area contributed by atoms with E-state index in [4.69, 9.17) is 0 Å². The number of imidazole rings is 1. The van der Waals surface area contributed by atoms with Crippen LogP contribution in [0, 0.1) is 0 Å². The normalized spacial score (nSPS) is 10.8. The van der Waals surface area contributed by atoms with Crippen molar-refractivity contribution in [3.63, 3.8) is 0 Å². The molecule has 0 aliphatic carbocycles. The van der Waals surface area contributed by atoms with Gasteiger partial charge in [-0.2, -0.15) is 5.10 Å². The Labute approximate surface area is 113 Å². The molecule has 1 N–H and O–H groups in total. The van der Waals surface area contributed by atoms with Gasteiger partial charge in [-0.25, -0.2) is 9.50 Å². The zero-order valence-corrected chi connectivity index (χ0v) is 11.1. The van der Waals surface area contributed by atoms with Crippen LogP contribution in [0.25, 0.3) is 16.9 Å². The number of amides is 1. The molecule has 0 spiro atoms. The summed E-state index contributed by atoms with van der Waals surface area (Å²) in [5, 5.41) is 9.00. The van der Waals surface area contributed by atoms with Crippen molar-refractivity contribution in [1.82, 2.24) is 19.9 Å². The summed E-state index contributed by atoms with van der Waals surface area (Å²) in [5.74, 6) is -0.0412. The molecule has 19 heavy (non-hydrogen) atoms. The van der Waals surface area contributed by atoms with Crippen molar-refractivity contribution >= 4 is 22.9 Å². The van der Waals surface area contributed by atoms with Crippen LogP contribution in [0.3, 0.4) is 0 Å². The molecule has 3 heterocycles. The molecule has 3 aromatic heterocycles. The summed E-state index contributed by atoms with van der Waals surface area (Å²) in [5.41, 5.74) is 2.64. The van der Waals surface area contributed by atoms with Crippen LogP contribution in [-0.2, 0) is 0 Å². The lowest BCUT2D eigenvalue weighted by atomic mass is 10.2. The summed E-state index contributed by atoms with van der Waals surface area (Å²) in [6.07, 6.45) is 3.49. The molecule has 0 radical (unpaired) electrons. The molecule has 0 aliphatic heterocycles. The number of carbonyl (C=O) groups is 1. The third-order valence-electron chi connectivity index (χ3n) is 2.73. The van der Waals surface area contributed by atoms with Crippen LogP contribution in [0.1, 0.15) is 16.6 Å². The number of aromatic nitrogens is 3. The standard InChI is InChI=1S/C13H12N4OS/c1-2-14-13(18)11-6-9(8-19-11)10-7-15-12-4-3-5-16-17(10)12/h3-8H,2H2,1H3,(H,14,18). The Balaban J connectivity index is 2.01. The van der Waals surface area contributed by atoms with E-state index >= 15 is 0 Å². The predicted octanol–water partition coefficient (Wildman–Crippen LogP) is 2.21. The number of hydrogen-bond acceptors (Lipinski definition) is 4. The Bertz CT molecular complexity index is 731. The first-order valence-corrected chi connectivity index (χ1v) is 6.83. The van der Waals surface area contributed by atoms with Crippen molar-refractivity contribution in [1.29, 1.82) is 0 Å². The van der Waals surface area contributed by atoms with E-state index in [-0.39, 0.29) is 5.91 Å². The van der Waals surface area contributed by atoms with Crippen LogP contribution in [0.5, 0.6) is 0 Å². The van der Waals surface area contributed by atoms with Gasteiger partial charge in [-0.3, -0.25) is 4.79 Å². The van der Waals surface area contributed by atoms with Gasteiger partial charge in [0.2, 0.25) is 0 Å². The van der Waals surface area contributed by atoms with Crippen LogP contribution in [0.2, 0.25) is 0 Å². The molecule has 3 rings (SSSR count). The number of thiophene rings is 1. The maximum absolute atomic E-state index is 11.8. The molecule has 0 saturated carbocycles. The van der Waals surface area contributed by atoms with Crippen molar-refractivity contribution in [2.45, 2.75) is 6.92 Å². The molecule has 0 aromatic carbocycles. The second kappa shape index (κ2) is 4.81. The molecule has 5 nitrogen and oxygen atoms in total. The number of nitrogens with one attached hydrogen (secondary N) is 1. The highest BCUT2D eigenvalue weighted by molar-refractivity contribution is 7.12. The van der Waals surface area contributed by atoms with Crippen LogP contribution in [0.4, 0.5) is 0 Å². The Hall–Kier alpha value is -2.21. The summed E-state index contributed by atoms with van der Waals surface area (Å²) in [6, 6.07) is 5.61. The zero-order valence-electron chi connectivity index (χ0n) is 10.3. The lowest BCUT2D eigenvalue weighted by molar-refractivity contribution is 0.0960. The highest BCUT2D eigenvalue weighted by Crippen LogP contribution is 2.25. The summed E-state index contributed by atoms with van der Waals surface area (Å²) in [4.78, 5) is 16.7. The number of rotatable bonds is 3. The smallest absolute Gasteiger partial charge is 0.261 e. The quantitative estimate of drug-likeness (QED) is 0.795. The lowest BCUT2D eigenvalue weighted by Gasteiger charge is -1.97. The van der Waals surface area contributed by atoms with Gasteiger partial charge >= 0.3 is 0 Å². The van der Waals surface area contributed by atoms with Crippen molar-refractivity contribution in [2.24, 2.45) is 0 Å². The molecule has 6 heteroatoms. The maximum Gasteiger partial charge on any atom is 0.261 e. The van der Waals surface area contributed by atoms with Crippen LogP contribution in [-0.4, -0.2) is 27.0 Å². The highest BCUT2D eigenvalue weighted by Gasteiger charge is 2.12. The van der Waals surface area contributed by atoms with Gasteiger partial charge in [0.25, 0.3) is 5.91 Å². The molecule has 0 aliphatic rings. The second-order valence-corrected chi connectivity index (χ2v) is 4.91. The average Bonchev–Trinajstić information content (AvgIpc) is 3.05. The summed E-state index contributed by atoms with van der Waals surface area (Å²) >= 11 is 1.42. The molecule has 0 bridgehead atoms. The number of hydrogen-bond donors (Lipinski definition) is 1. The van der Waals surface area contributed by atoms with Gasteiger partial charge in [0.1, 0.15) is 0 Å². The van der Waals surface area contributed by atoms with E-state index in [1.165, 1.54) is 11.3 Å². The fourth-order valence-corrected chi connectivity index (χ4v) is 2.68. The Kier molecular flexibility index (Phi) is 3.00. The van der Waals surface area contributed by atoms with Gasteiger partial charge < -0.3 is 5.32 Å². The topological polar surface area (TPSA) is 59.3 Å². The Morgan fingerprint density at radius 3 is 3.26 bits per heavy atom. The predicted molar refractivity (Wildman–Crippen MR) is 74.3 cm³/mol. The average molecular weight is 272 g/mol. The van der Waals surface area contributed by atoms with Gasteiger partial charge in [-0.15, -0.1) is 11.3 Å². The summed E-state index contributed by atoms with van der Waals surface area (Å²) in [6.45, 7) is 2.53. The highest BCUT2D eigenvalue weighted by atomic mass is 32.1. The molecule has 3 aromatic rings. The number of nitrogens with zero attached hydrogens (tertiary/aromatic N) is 3. The van der Waals surface area contributed by atoms with Crippen LogP contribution >= 0.6 is 11.3 Å². The fourth-order valence-electron chi connectivity index (χ4n) is 1.86. The van der Waals surface area contributed by atoms with Gasteiger partial charge in [-0.1, -0.05) is 0 Å². The van der Waals surface area contributed by atoms with E-state index < -0.39 is 0 Å². The molecule has 96 valence electrons. The van der Waals surface area contributed by atoms with Crippen LogP contribution in [0.15, 0.2) is 36.0 Å². The molecule has 0 unspecified atom stereocenters. The first-order valence-electron chi connectivity index (χ1n) is 5.95. The largest absolute Gasteiger partial charge is 0.352 e. The molecular formula is C13H12N4OS. The van der Waals surface area contributed by atoms with E-state index in [1.54, 1.807) is 16.9 Å². The zero-order chi connectivity index (χ0) is 13.2. The van der Waals surface area contributed by atoms with Gasteiger partial charge in [0.15, 0.2) is 5.65 Å². The van der Waals surface area contributed by atoms with Gasteiger partial charge in [0, 0.05) is 23.7 Å². The van der Waals surface area contributed by atoms with E-state index in [0.717, 1.165) is 16.9 Å². The molecule has 0 atom stereocenters. The third kappa shape index (κ3) is 2.10. The number of carbonyl (C=O) groups excluding carboxylic acids is 1. The molecule has 1 amide bonds. The fraction of sp³-hybridized carbons (Fsp3) is 0.154. The van der Waals surface area contributed by atoms with E-state index in [1.807, 2.05) is 30.5 Å². The van der Waals surface area contributed by atoms with E-state index in [2.05, 4.69) is 15.4 Å². The minimum atomic E-state index is -0.0412. The monoisotopic (exact) mass is 272 g/mol. The van der Waals surface area contributed by atoms with Crippen molar-refractivity contribution < 1.29 is 4.79 Å². The van der Waals surface area contributed by atoms with Crippen molar-refractivity contribution in [2.75, 3.05) is 6.54 Å². The van der Waals surface area contributed by atoms with Crippen molar-refractivity contribution in [3.05, 3.63) is 40.8 Å². The van der Waals surface area contributed by atoms with Crippen molar-refractivity contribution in [3.8, 4) is 11.3 Å². The Morgan fingerprint density at radius 2 is 2.42 bits per heavy atom. The minimum absolute atomic E-state index is 0.0412. The lowest BCUT2D eigenvalue weighted by Crippen LogP contribution is -2.21. The van der Waals surface area contributed by atoms with Gasteiger partial charge in [0.05, 0.1) is 16.8 Å². The summed E-state index contributed by atoms with van der Waals surface area (Å²) < 4.78 is 1.77. The maximum atomic E-state index is 11.8. The molecular weight excluding hydrogens is 260 g/mol. The Morgan fingerprint density at radius 1 is 1.53 bits per heavy atom.